The van der Waals surface area contributed by atoms with E-state index >= 15 is 0 Å². The maximum atomic E-state index is 14.1. The van der Waals surface area contributed by atoms with Crippen LogP contribution in [0.15, 0.2) is 54.7 Å². The van der Waals surface area contributed by atoms with Crippen LogP contribution in [0.5, 0.6) is 0 Å². The summed E-state index contributed by atoms with van der Waals surface area (Å²) in [5, 5.41) is 0. The maximum absolute atomic E-state index is 14.1. The minimum atomic E-state index is -4.48. The van der Waals surface area contributed by atoms with E-state index < -0.39 is 29.1 Å². The minimum Gasteiger partial charge on any atom is -0.435 e. The van der Waals surface area contributed by atoms with Crippen LogP contribution in [-0.4, -0.2) is 19.5 Å². The summed E-state index contributed by atoms with van der Waals surface area (Å²) in [7, 11) is 0. The van der Waals surface area contributed by atoms with Gasteiger partial charge in [0, 0.05) is 16.8 Å². The fraction of sp³-hybridized carbons (Fsp3) is 0.174. The first kappa shape index (κ1) is 24.7. The van der Waals surface area contributed by atoms with Crippen LogP contribution in [0.1, 0.15) is 30.8 Å². The normalized spacial score (nSPS) is 11.8. The molecule has 0 unspecified atom stereocenters. The van der Waals surface area contributed by atoms with Gasteiger partial charge in [0.1, 0.15) is 11.9 Å². The predicted octanol–water partition coefficient (Wildman–Crippen LogP) is 5.55. The molecule has 0 aliphatic heterocycles. The van der Waals surface area contributed by atoms with Gasteiger partial charge in [-0.3, -0.25) is 9.97 Å². The van der Waals surface area contributed by atoms with Crippen LogP contribution in [0.2, 0.25) is 0 Å². The van der Waals surface area contributed by atoms with Crippen molar-refractivity contribution in [3.63, 3.8) is 0 Å². The fourth-order valence-electron chi connectivity index (χ4n) is 3.15. The third kappa shape index (κ3) is 5.03. The molecule has 172 valence electrons. The molecule has 33 heavy (non-hydrogen) atoms. The molecule has 0 fully saturated rings. The Hall–Kier alpha value is -2.93. The average molecular weight is 637 g/mol. The van der Waals surface area contributed by atoms with Gasteiger partial charge in [-0.25, -0.2) is 8.78 Å². The molecule has 0 saturated heterocycles. The van der Waals surface area contributed by atoms with Crippen molar-refractivity contribution in [2.45, 2.75) is 25.4 Å². The van der Waals surface area contributed by atoms with Gasteiger partial charge in [-0.1, -0.05) is 42.1 Å². The summed E-state index contributed by atoms with van der Waals surface area (Å²) in [4.78, 5) is 12.1. The van der Waals surface area contributed by atoms with Crippen LogP contribution in [0.4, 0.5) is 22.0 Å². The molecule has 4 rings (SSSR count). The van der Waals surface area contributed by atoms with Crippen molar-refractivity contribution in [1.82, 2.24) is 19.5 Å². The molecule has 0 spiro atoms. The molecule has 4 nitrogen and oxygen atoms in total. The van der Waals surface area contributed by atoms with Crippen molar-refractivity contribution in [3.05, 3.63) is 95.8 Å². The van der Waals surface area contributed by atoms with Crippen LogP contribution in [0.25, 0.3) is 17.1 Å². The fourth-order valence-corrected chi connectivity index (χ4v) is 3.15. The molecule has 0 aliphatic rings. The summed E-state index contributed by atoms with van der Waals surface area (Å²) in [5.41, 5.74) is -0.445. The van der Waals surface area contributed by atoms with E-state index in [1.807, 2.05) is 13.8 Å². The average Bonchev–Trinajstić information content (AvgIpc) is 3.25. The third-order valence-electron chi connectivity index (χ3n) is 4.97. The second kappa shape index (κ2) is 9.14. The first-order valence-corrected chi connectivity index (χ1v) is 9.42. The van der Waals surface area contributed by atoms with Gasteiger partial charge in [0.15, 0.2) is 0 Å². The zero-order chi connectivity index (χ0) is 23.1. The molecule has 0 atom stereocenters. The van der Waals surface area contributed by atoms with Crippen molar-refractivity contribution in [2.24, 2.45) is 0 Å². The molecular weight excluding hydrogens is 622 g/mol. The number of aromatic nitrogens is 4. The van der Waals surface area contributed by atoms with Gasteiger partial charge < -0.3 is 9.55 Å². The SMILES string of the molecule is CC(C)(c1cccc(-c2[c-]cc(F)nc2F)n1)c1cccc(-n2[c-]cc(C(F)(F)F)c2)n1.[Pt+2]. The minimum absolute atomic E-state index is 0. The van der Waals surface area contributed by atoms with Gasteiger partial charge in [-0.15, -0.1) is 18.3 Å². The van der Waals surface area contributed by atoms with E-state index in [4.69, 9.17) is 0 Å². The Labute approximate surface area is 200 Å². The van der Waals surface area contributed by atoms with Gasteiger partial charge in [0.25, 0.3) is 0 Å². The van der Waals surface area contributed by atoms with Crippen molar-refractivity contribution in [3.8, 4) is 17.1 Å². The van der Waals surface area contributed by atoms with E-state index in [-0.39, 0.29) is 38.1 Å². The monoisotopic (exact) mass is 637 g/mol. The van der Waals surface area contributed by atoms with Crippen LogP contribution in [-0.2, 0) is 32.7 Å². The van der Waals surface area contributed by atoms with E-state index in [1.165, 1.54) is 4.57 Å². The first-order valence-electron chi connectivity index (χ1n) is 9.42. The molecule has 0 bridgehead atoms. The van der Waals surface area contributed by atoms with Gasteiger partial charge in [-0.05, 0) is 37.2 Å². The maximum Gasteiger partial charge on any atom is 2.00 e. The zero-order valence-corrected chi connectivity index (χ0v) is 19.5. The van der Waals surface area contributed by atoms with Gasteiger partial charge in [0.05, 0.1) is 5.82 Å². The Morgan fingerprint density at radius 2 is 1.55 bits per heavy atom. The number of rotatable bonds is 4. The van der Waals surface area contributed by atoms with E-state index in [2.05, 4.69) is 27.2 Å². The number of hydrogen-bond acceptors (Lipinski definition) is 3. The number of pyridine rings is 3. The second-order valence-electron chi connectivity index (χ2n) is 7.53. The van der Waals surface area contributed by atoms with Crippen LogP contribution in [0, 0.1) is 24.2 Å². The molecule has 0 saturated carbocycles. The third-order valence-corrected chi connectivity index (χ3v) is 4.97. The zero-order valence-electron chi connectivity index (χ0n) is 17.2. The summed E-state index contributed by atoms with van der Waals surface area (Å²) >= 11 is 0. The number of alkyl halides is 3. The summed E-state index contributed by atoms with van der Waals surface area (Å²) in [6, 6.07) is 14.2. The van der Waals surface area contributed by atoms with Gasteiger partial charge >= 0.3 is 27.2 Å². The Bertz CT molecular complexity index is 1280. The molecule has 10 heteroatoms. The molecule has 0 radical (unpaired) electrons. The molecule has 0 aromatic carbocycles. The largest absolute Gasteiger partial charge is 2.00 e. The summed E-state index contributed by atoms with van der Waals surface area (Å²) in [6.07, 6.45) is -1.04. The van der Waals surface area contributed by atoms with E-state index in [1.54, 1.807) is 36.4 Å². The van der Waals surface area contributed by atoms with Crippen LogP contribution >= 0.6 is 0 Å². The first-order chi connectivity index (χ1) is 15.1. The molecular formula is C23H15F5N4Pt. The molecule has 4 aromatic rings. The molecule has 4 heterocycles. The Morgan fingerprint density at radius 3 is 2.18 bits per heavy atom. The van der Waals surface area contributed by atoms with Crippen molar-refractivity contribution in [1.29, 1.82) is 0 Å². The van der Waals surface area contributed by atoms with E-state index in [0.29, 0.717) is 11.4 Å². The molecule has 0 aliphatic carbocycles. The number of halogens is 5. The van der Waals surface area contributed by atoms with Gasteiger partial charge in [-0.2, -0.15) is 13.2 Å². The van der Waals surface area contributed by atoms with Crippen LogP contribution < -0.4 is 0 Å². The number of hydrogen-bond donors (Lipinski definition) is 0. The summed E-state index contributed by atoms with van der Waals surface area (Å²) < 4.78 is 67.1. The summed E-state index contributed by atoms with van der Waals surface area (Å²) in [5.74, 6) is -1.76. The van der Waals surface area contributed by atoms with Crippen molar-refractivity contribution >= 4 is 0 Å². The van der Waals surface area contributed by atoms with Gasteiger partial charge in [0.2, 0.25) is 0 Å². The Morgan fingerprint density at radius 1 is 0.879 bits per heavy atom. The Kier molecular flexibility index (Phi) is 6.84. The number of nitrogens with zero attached hydrogens (tertiary/aromatic N) is 4. The summed E-state index contributed by atoms with van der Waals surface area (Å²) in [6.45, 7) is 3.66. The van der Waals surface area contributed by atoms with Crippen LogP contribution in [0.3, 0.4) is 0 Å². The molecule has 0 amide bonds. The van der Waals surface area contributed by atoms with Crippen molar-refractivity contribution < 1.29 is 43.0 Å². The quantitative estimate of drug-likeness (QED) is 0.168. The smallest absolute Gasteiger partial charge is 0.435 e. The van der Waals surface area contributed by atoms with Crippen molar-refractivity contribution in [2.75, 3.05) is 0 Å². The molecule has 0 N–H and O–H groups in total. The second-order valence-corrected chi connectivity index (χ2v) is 7.53. The predicted molar refractivity (Wildman–Crippen MR) is 106 cm³/mol. The topological polar surface area (TPSA) is 43.6 Å². The Balaban J connectivity index is 0.00000306. The molecule has 4 aromatic heterocycles. The van der Waals surface area contributed by atoms with E-state index in [9.17, 15) is 22.0 Å². The van der Waals surface area contributed by atoms with E-state index in [0.717, 1.165) is 18.3 Å². The standard InChI is InChI=1S/C23H15F5N4.Pt/c1-22(2,17-6-3-5-16(29-17)15-9-10-19(24)31-21(15)25)18-7-4-8-20(30-18)32-12-11-14(13-32)23(26,27)28;/h3-8,10-11,13H,1-2H3;/q-2;+2.